The first-order valence-corrected chi connectivity index (χ1v) is 12.6. The highest BCUT2D eigenvalue weighted by Gasteiger charge is 2.26. The Labute approximate surface area is 213 Å². The molecule has 0 saturated carbocycles. The second kappa shape index (κ2) is 13.0. The first-order valence-electron chi connectivity index (χ1n) is 10.8. The highest BCUT2D eigenvalue weighted by molar-refractivity contribution is 7.89. The summed E-state index contributed by atoms with van der Waals surface area (Å²) in [4.78, 5) is 23.4. The highest BCUT2D eigenvalue weighted by Crippen LogP contribution is 2.23. The van der Waals surface area contributed by atoms with Crippen molar-refractivity contribution in [2.24, 2.45) is 5.10 Å². The van der Waals surface area contributed by atoms with Crippen molar-refractivity contribution in [2.45, 2.75) is 18.0 Å². The minimum atomic E-state index is -3.88. The van der Waals surface area contributed by atoms with E-state index in [0.29, 0.717) is 10.8 Å². The number of methoxy groups -OCH3 is 1. The molecule has 1 heterocycles. The van der Waals surface area contributed by atoms with Crippen LogP contribution in [0.3, 0.4) is 0 Å². The van der Waals surface area contributed by atoms with Gasteiger partial charge in [-0.05, 0) is 42.0 Å². The van der Waals surface area contributed by atoms with Gasteiger partial charge in [-0.3, -0.25) is 9.59 Å². The van der Waals surface area contributed by atoms with E-state index in [9.17, 15) is 18.0 Å². The zero-order valence-corrected chi connectivity index (χ0v) is 21.0. The molecule has 0 saturated heterocycles. The van der Waals surface area contributed by atoms with Crippen molar-refractivity contribution in [3.8, 4) is 0 Å². The number of rotatable bonds is 11. The Hall–Kier alpha value is -3.51. The molecule has 3 aromatic rings. The van der Waals surface area contributed by atoms with Gasteiger partial charge >= 0.3 is 11.8 Å². The molecule has 10 nitrogen and oxygen atoms in total. The summed E-state index contributed by atoms with van der Waals surface area (Å²) < 4.78 is 38.5. The van der Waals surface area contributed by atoms with Crippen LogP contribution in [0.2, 0.25) is 5.02 Å². The molecule has 2 amide bonds. The van der Waals surface area contributed by atoms with E-state index in [1.807, 2.05) is 30.3 Å². The molecule has 0 aliphatic carbocycles. The second-order valence-corrected chi connectivity index (χ2v) is 9.84. The van der Waals surface area contributed by atoms with Gasteiger partial charge in [-0.1, -0.05) is 41.9 Å². The van der Waals surface area contributed by atoms with E-state index in [4.69, 9.17) is 20.8 Å². The van der Waals surface area contributed by atoms with Crippen molar-refractivity contribution < 1.29 is 27.2 Å². The molecule has 0 spiro atoms. The minimum absolute atomic E-state index is 0.0536. The third kappa shape index (κ3) is 7.75. The van der Waals surface area contributed by atoms with E-state index in [-0.39, 0.29) is 36.9 Å². The van der Waals surface area contributed by atoms with Crippen molar-refractivity contribution in [3.05, 3.63) is 88.8 Å². The number of hydrazone groups is 1. The Bertz CT molecular complexity index is 1290. The number of nitrogens with zero attached hydrogens (tertiary/aromatic N) is 2. The Kier molecular flexibility index (Phi) is 9.77. The van der Waals surface area contributed by atoms with Gasteiger partial charge in [0.1, 0.15) is 11.5 Å². The number of ether oxygens (including phenoxy) is 1. The van der Waals surface area contributed by atoms with Crippen LogP contribution in [0.5, 0.6) is 0 Å². The van der Waals surface area contributed by atoms with Gasteiger partial charge in [0.25, 0.3) is 0 Å². The SMILES string of the molecule is COCCNC(=O)C(=O)NN=Cc1ccc(CN(Cc2ccccc2)S(=O)(=O)c2ccc(Cl)cc2)o1. The van der Waals surface area contributed by atoms with Gasteiger partial charge < -0.3 is 14.5 Å². The molecule has 2 aromatic carbocycles. The Morgan fingerprint density at radius 3 is 2.44 bits per heavy atom. The molecule has 190 valence electrons. The van der Waals surface area contributed by atoms with Gasteiger partial charge in [0.2, 0.25) is 10.0 Å². The van der Waals surface area contributed by atoms with Crippen LogP contribution in [0.15, 0.2) is 81.1 Å². The molecule has 0 unspecified atom stereocenters. The molecule has 12 heteroatoms. The van der Waals surface area contributed by atoms with Crippen molar-refractivity contribution in [1.29, 1.82) is 0 Å². The average Bonchev–Trinajstić information content (AvgIpc) is 3.31. The van der Waals surface area contributed by atoms with Crippen molar-refractivity contribution in [1.82, 2.24) is 15.0 Å². The molecule has 0 atom stereocenters. The molecule has 0 radical (unpaired) electrons. The number of halogens is 1. The molecular weight excluding hydrogens is 508 g/mol. The number of carbonyl (C=O) groups is 2. The fourth-order valence-electron chi connectivity index (χ4n) is 3.04. The number of carbonyl (C=O) groups excluding carboxylic acids is 2. The lowest BCUT2D eigenvalue weighted by atomic mass is 10.2. The van der Waals surface area contributed by atoms with E-state index in [1.165, 1.54) is 41.9 Å². The zero-order chi connectivity index (χ0) is 26.0. The summed E-state index contributed by atoms with van der Waals surface area (Å²) in [5.41, 5.74) is 2.89. The third-order valence-electron chi connectivity index (χ3n) is 4.82. The first kappa shape index (κ1) is 27.1. The lowest BCUT2D eigenvalue weighted by Crippen LogP contribution is -2.39. The smallest absolute Gasteiger partial charge is 0.329 e. The standard InChI is InChI=1S/C24H25ClN4O6S/c1-34-14-13-26-23(30)24(31)28-27-15-20-9-10-21(35-20)17-29(16-18-5-3-2-4-6-18)36(32,33)22-11-7-19(25)8-12-22/h2-12,15H,13-14,16-17H2,1H3,(H,26,30)(H,28,31). The Balaban J connectivity index is 1.71. The van der Waals surface area contributed by atoms with Crippen LogP contribution in [-0.2, 0) is 37.4 Å². The second-order valence-electron chi connectivity index (χ2n) is 7.46. The van der Waals surface area contributed by atoms with Gasteiger partial charge in [-0.25, -0.2) is 13.8 Å². The molecule has 1 aromatic heterocycles. The summed E-state index contributed by atoms with van der Waals surface area (Å²) in [6.45, 7) is 0.519. The molecule has 0 fully saturated rings. The van der Waals surface area contributed by atoms with E-state index in [2.05, 4.69) is 15.8 Å². The number of hydrogen-bond acceptors (Lipinski definition) is 7. The molecule has 2 N–H and O–H groups in total. The van der Waals surface area contributed by atoms with E-state index in [1.54, 1.807) is 12.1 Å². The van der Waals surface area contributed by atoms with Crippen LogP contribution in [0.4, 0.5) is 0 Å². The quantitative estimate of drug-likeness (QED) is 0.169. The molecule has 36 heavy (non-hydrogen) atoms. The molecule has 0 aliphatic rings. The Morgan fingerprint density at radius 2 is 1.75 bits per heavy atom. The third-order valence-corrected chi connectivity index (χ3v) is 6.88. The number of amides is 2. The number of hydrogen-bond donors (Lipinski definition) is 2. The number of furan rings is 1. The van der Waals surface area contributed by atoms with Crippen LogP contribution in [0.1, 0.15) is 17.1 Å². The summed E-state index contributed by atoms with van der Waals surface area (Å²) in [7, 11) is -2.41. The lowest BCUT2D eigenvalue weighted by Gasteiger charge is -2.21. The number of benzene rings is 2. The van der Waals surface area contributed by atoms with Crippen LogP contribution in [-0.4, -0.2) is 51.0 Å². The first-order chi connectivity index (χ1) is 17.3. The van der Waals surface area contributed by atoms with Gasteiger partial charge in [0.05, 0.1) is 24.3 Å². The van der Waals surface area contributed by atoms with E-state index >= 15 is 0 Å². The fourth-order valence-corrected chi connectivity index (χ4v) is 4.56. The molecule has 3 rings (SSSR count). The fraction of sp³-hybridized carbons (Fsp3) is 0.208. The monoisotopic (exact) mass is 532 g/mol. The highest BCUT2D eigenvalue weighted by atomic mass is 35.5. The normalized spacial score (nSPS) is 11.6. The van der Waals surface area contributed by atoms with Crippen LogP contribution in [0, 0.1) is 0 Å². The van der Waals surface area contributed by atoms with Gasteiger partial charge in [-0.15, -0.1) is 0 Å². The summed E-state index contributed by atoms with van der Waals surface area (Å²) in [5, 5.41) is 6.49. The molecular formula is C24H25ClN4O6S. The molecule has 0 bridgehead atoms. The maximum absolute atomic E-state index is 13.4. The maximum Gasteiger partial charge on any atom is 0.329 e. The van der Waals surface area contributed by atoms with Crippen molar-refractivity contribution in [3.63, 3.8) is 0 Å². The summed E-state index contributed by atoms with van der Waals surface area (Å²) in [5.74, 6) is -1.19. The average molecular weight is 533 g/mol. The summed E-state index contributed by atoms with van der Waals surface area (Å²) >= 11 is 5.92. The predicted octanol–water partition coefficient (Wildman–Crippen LogP) is 2.54. The largest absolute Gasteiger partial charge is 0.459 e. The zero-order valence-electron chi connectivity index (χ0n) is 19.4. The van der Waals surface area contributed by atoms with Crippen molar-refractivity contribution >= 4 is 39.7 Å². The molecule has 0 aliphatic heterocycles. The topological polar surface area (TPSA) is 130 Å². The predicted molar refractivity (Wildman–Crippen MR) is 134 cm³/mol. The summed E-state index contributed by atoms with van der Waals surface area (Å²) in [6, 6.07) is 18.3. The number of sulfonamides is 1. The lowest BCUT2D eigenvalue weighted by molar-refractivity contribution is -0.139. The van der Waals surface area contributed by atoms with E-state index in [0.717, 1.165) is 5.56 Å². The van der Waals surface area contributed by atoms with Gasteiger partial charge in [0, 0.05) is 25.2 Å². The van der Waals surface area contributed by atoms with Gasteiger partial charge in [0.15, 0.2) is 0 Å². The Morgan fingerprint density at radius 1 is 1.03 bits per heavy atom. The van der Waals surface area contributed by atoms with Crippen LogP contribution < -0.4 is 10.7 Å². The van der Waals surface area contributed by atoms with E-state index < -0.39 is 21.8 Å². The van der Waals surface area contributed by atoms with Crippen molar-refractivity contribution in [2.75, 3.05) is 20.3 Å². The van der Waals surface area contributed by atoms with Gasteiger partial charge in [-0.2, -0.15) is 9.41 Å². The minimum Gasteiger partial charge on any atom is -0.459 e. The maximum atomic E-state index is 13.4. The van der Waals surface area contributed by atoms with Crippen LogP contribution >= 0.6 is 11.6 Å². The van der Waals surface area contributed by atoms with Crippen LogP contribution in [0.25, 0.3) is 0 Å². The number of nitrogens with one attached hydrogen (secondary N) is 2. The summed E-state index contributed by atoms with van der Waals surface area (Å²) in [6.07, 6.45) is 1.21.